The Morgan fingerprint density at radius 2 is 1.39 bits per heavy atom. The van der Waals surface area contributed by atoms with Crippen molar-refractivity contribution in [1.29, 1.82) is 0 Å². The van der Waals surface area contributed by atoms with Crippen molar-refractivity contribution in [2.24, 2.45) is 10.8 Å². The van der Waals surface area contributed by atoms with Crippen LogP contribution in [0.2, 0.25) is 0 Å². The van der Waals surface area contributed by atoms with Gasteiger partial charge in [0.15, 0.2) is 0 Å². The average molecular weight is 987 g/mol. The van der Waals surface area contributed by atoms with Crippen molar-refractivity contribution in [1.82, 2.24) is 30.7 Å². The van der Waals surface area contributed by atoms with Gasteiger partial charge in [0, 0.05) is 43.9 Å². The molecule has 4 N–H and O–H groups in total. The van der Waals surface area contributed by atoms with E-state index in [2.05, 4.69) is 20.9 Å². The highest BCUT2D eigenvalue weighted by Gasteiger charge is 2.45. The van der Waals surface area contributed by atoms with E-state index in [0.29, 0.717) is 13.1 Å². The van der Waals surface area contributed by atoms with Crippen LogP contribution in [-0.2, 0) is 56.8 Å². The van der Waals surface area contributed by atoms with Crippen LogP contribution in [0.15, 0.2) is 109 Å². The highest BCUT2D eigenvalue weighted by molar-refractivity contribution is 7.47. The molecule has 378 valence electrons. The molecule has 1 aliphatic rings. The van der Waals surface area contributed by atoms with Gasteiger partial charge in [-0.05, 0) is 59.4 Å². The maximum Gasteiger partial charge on any atom is 0.510 e. The molecule has 5 rings (SSSR count). The molecule has 0 aliphatic carbocycles. The van der Waals surface area contributed by atoms with Gasteiger partial charge in [-0.25, -0.2) is 23.5 Å². The molecule has 18 nitrogen and oxygen atoms in total. The molecule has 1 saturated heterocycles. The van der Waals surface area contributed by atoms with Crippen LogP contribution in [0.1, 0.15) is 71.6 Å². The zero-order valence-corrected chi connectivity index (χ0v) is 42.1. The molecular weight excluding hydrogens is 920 g/mol. The van der Waals surface area contributed by atoms with E-state index < -0.39 is 79.8 Å². The van der Waals surface area contributed by atoms with Gasteiger partial charge in [0.25, 0.3) is 0 Å². The number of amides is 5. The number of methoxy groups -OCH3 is 1. The molecule has 1 unspecified atom stereocenters. The Morgan fingerprint density at radius 3 is 1.97 bits per heavy atom. The summed E-state index contributed by atoms with van der Waals surface area (Å²) in [5, 5.41) is 8.88. The first-order chi connectivity index (χ1) is 33.2. The van der Waals surface area contributed by atoms with Crippen molar-refractivity contribution >= 4 is 37.9 Å². The van der Waals surface area contributed by atoms with Crippen LogP contribution in [0.4, 0.5) is 14.4 Å². The molecule has 2 heterocycles. The Labute approximate surface area is 410 Å². The summed E-state index contributed by atoms with van der Waals surface area (Å²) in [6.45, 7) is 12.2. The molecule has 4 aromatic rings. The Balaban J connectivity index is 1.55. The lowest BCUT2D eigenvalue weighted by Crippen LogP contribution is -2.60. The second-order valence-electron chi connectivity index (χ2n) is 19.1. The second kappa shape index (κ2) is 25.0. The van der Waals surface area contributed by atoms with Crippen LogP contribution in [0.3, 0.4) is 0 Å². The van der Waals surface area contributed by atoms with Gasteiger partial charge in [-0.15, -0.1) is 0 Å². The fourth-order valence-electron chi connectivity index (χ4n) is 8.23. The first kappa shape index (κ1) is 54.6. The number of phosphoric ester groups is 1. The molecule has 1 fully saturated rings. The summed E-state index contributed by atoms with van der Waals surface area (Å²) < 4.78 is 38.0. The van der Waals surface area contributed by atoms with E-state index in [4.69, 9.17) is 23.3 Å². The van der Waals surface area contributed by atoms with Gasteiger partial charge >= 0.3 is 26.1 Å². The van der Waals surface area contributed by atoms with Crippen LogP contribution in [-0.4, -0.2) is 114 Å². The molecule has 0 saturated carbocycles. The summed E-state index contributed by atoms with van der Waals surface area (Å²) >= 11 is 0. The van der Waals surface area contributed by atoms with E-state index in [1.54, 1.807) is 36.8 Å². The van der Waals surface area contributed by atoms with E-state index >= 15 is 4.79 Å². The third-order valence-corrected chi connectivity index (χ3v) is 12.6. The number of urea groups is 1. The maximum atomic E-state index is 15.0. The van der Waals surface area contributed by atoms with Gasteiger partial charge in [-0.2, -0.15) is 0 Å². The molecule has 19 heteroatoms. The molecule has 1 aromatic heterocycles. The summed E-state index contributed by atoms with van der Waals surface area (Å²) in [6, 6.07) is 27.6. The molecule has 5 amide bonds. The Hall–Kier alpha value is -6.33. The normalized spacial score (nSPS) is 15.9. The number of benzene rings is 3. The Kier molecular flexibility index (Phi) is 19.5. The molecule has 0 radical (unpaired) electrons. The van der Waals surface area contributed by atoms with Crippen molar-refractivity contribution in [3.8, 4) is 11.3 Å². The summed E-state index contributed by atoms with van der Waals surface area (Å²) in [6.07, 6.45) is -1.64. The smallest absolute Gasteiger partial charge is 0.453 e. The van der Waals surface area contributed by atoms with Crippen molar-refractivity contribution in [2.45, 2.75) is 105 Å². The number of carbonyl (C=O) groups excluding carboxylic acids is 5. The van der Waals surface area contributed by atoms with Gasteiger partial charge in [0.1, 0.15) is 18.2 Å². The van der Waals surface area contributed by atoms with Crippen LogP contribution in [0.25, 0.3) is 11.3 Å². The molecule has 0 bridgehead atoms. The summed E-state index contributed by atoms with van der Waals surface area (Å²) in [5.74, 6) is -1.09. The van der Waals surface area contributed by atoms with Crippen molar-refractivity contribution < 1.29 is 56.7 Å². The minimum atomic E-state index is -4.59. The zero-order valence-electron chi connectivity index (χ0n) is 41.2. The van der Waals surface area contributed by atoms with E-state index in [1.165, 1.54) is 14.0 Å². The number of nitrogens with zero attached hydrogens (tertiary/aromatic N) is 3. The first-order valence-corrected chi connectivity index (χ1v) is 24.7. The zero-order chi connectivity index (χ0) is 51.1. The monoisotopic (exact) mass is 986 g/mol. The number of pyridine rings is 1. The Morgan fingerprint density at radius 1 is 0.757 bits per heavy atom. The molecule has 70 heavy (non-hydrogen) atoms. The Bertz CT molecular complexity index is 2380. The van der Waals surface area contributed by atoms with Gasteiger partial charge in [0.2, 0.25) is 18.6 Å². The van der Waals surface area contributed by atoms with Crippen LogP contribution < -0.4 is 16.0 Å². The fourth-order valence-corrected chi connectivity index (χ4v) is 8.82. The number of hydrogen-bond acceptors (Lipinski definition) is 12. The SMILES string of the molecule is CCOP(=O)(O)OCOC(=O)O[C@@H](C[C@H](Cc1ccc(-c2ccccn2)cc1)NC(=O)[C@@H](NC(=O)OC)C(C)(C)C)[C@H](Cc1ccccc1)NC(=O)[C@@H](N1CCN(Cc2ccccc2)C1=O)C(C)(C)C. The minimum absolute atomic E-state index is 0.0934. The van der Waals surface area contributed by atoms with Gasteiger partial charge in [0.05, 0.1) is 25.5 Å². The van der Waals surface area contributed by atoms with Crippen molar-refractivity contribution in [3.05, 3.63) is 126 Å². The van der Waals surface area contributed by atoms with Crippen molar-refractivity contribution in [2.75, 3.05) is 33.6 Å². The predicted octanol–water partition coefficient (Wildman–Crippen LogP) is 7.65. The highest BCUT2D eigenvalue weighted by atomic mass is 31.2. The molecular formula is C51H67N6O12P. The van der Waals surface area contributed by atoms with E-state index in [9.17, 15) is 28.6 Å². The lowest BCUT2D eigenvalue weighted by Gasteiger charge is -2.39. The van der Waals surface area contributed by atoms with Gasteiger partial charge in [-0.1, -0.05) is 133 Å². The number of rotatable bonds is 22. The quantitative estimate of drug-likeness (QED) is 0.0338. The number of hydrogen-bond donors (Lipinski definition) is 4. The summed E-state index contributed by atoms with van der Waals surface area (Å²) in [4.78, 5) is 87.6. The van der Waals surface area contributed by atoms with Crippen LogP contribution in [0.5, 0.6) is 0 Å². The van der Waals surface area contributed by atoms with Crippen LogP contribution >= 0.6 is 7.82 Å². The first-order valence-electron chi connectivity index (χ1n) is 23.2. The summed E-state index contributed by atoms with van der Waals surface area (Å²) in [5.41, 5.74) is 2.45. The maximum absolute atomic E-state index is 15.0. The van der Waals surface area contributed by atoms with E-state index in [1.807, 2.05) is 124 Å². The molecule has 6 atom stereocenters. The number of aromatic nitrogens is 1. The molecule has 3 aromatic carbocycles. The molecule has 0 spiro atoms. The number of ether oxygens (including phenoxy) is 3. The van der Waals surface area contributed by atoms with E-state index in [-0.39, 0.29) is 38.4 Å². The predicted molar refractivity (Wildman–Crippen MR) is 262 cm³/mol. The summed E-state index contributed by atoms with van der Waals surface area (Å²) in [7, 11) is -3.39. The van der Waals surface area contributed by atoms with Gasteiger partial charge < -0.3 is 44.9 Å². The number of phosphoric acid groups is 1. The fraction of sp³-hybridized carbons (Fsp3) is 0.451. The van der Waals surface area contributed by atoms with E-state index in [0.717, 1.165) is 27.9 Å². The third kappa shape index (κ3) is 16.4. The number of carbonyl (C=O) groups is 5. The van der Waals surface area contributed by atoms with Gasteiger partial charge in [-0.3, -0.25) is 19.1 Å². The number of nitrogens with one attached hydrogen (secondary N) is 3. The lowest BCUT2D eigenvalue weighted by molar-refractivity contribution is -0.131. The van der Waals surface area contributed by atoms with Crippen molar-refractivity contribution in [3.63, 3.8) is 0 Å². The molecule has 1 aliphatic heterocycles. The third-order valence-electron chi connectivity index (χ3n) is 11.6. The number of alkyl carbamates (subject to hydrolysis) is 1. The lowest BCUT2D eigenvalue weighted by atomic mass is 9.84. The standard InChI is InChI=1S/C51H67N6O12P/c1-9-67-70(63,64)68-34-66-49(62)69-42(32-39(53-45(58)43(50(2,3)4)55-47(60)65-8)30-36-23-25-38(26-24-36)40-22-16-17-27-52-40)41(31-35-18-12-10-13-19-35)54-46(59)44(51(5,6)7)57-29-28-56(48(57)61)33-37-20-14-11-15-21-37/h10-27,39,41-44H,9,28-34H2,1-8H3,(H,53,58)(H,54,59)(H,55,60)(H,63,64)/t39-,41-,42-,43+,44+/m0/s1. The largest absolute Gasteiger partial charge is 0.510 e. The minimum Gasteiger partial charge on any atom is -0.453 e. The average Bonchev–Trinajstić information content (AvgIpc) is 3.65. The van der Waals surface area contributed by atoms with Crippen LogP contribution in [0, 0.1) is 10.8 Å². The topological polar surface area (TPSA) is 224 Å². The highest BCUT2D eigenvalue weighted by Crippen LogP contribution is 2.42. The second-order valence-corrected chi connectivity index (χ2v) is 20.6.